The van der Waals surface area contributed by atoms with Crippen LogP contribution in [0.15, 0.2) is 17.6 Å². The van der Waals surface area contributed by atoms with Crippen molar-refractivity contribution in [3.05, 3.63) is 12.4 Å². The Hall–Kier alpha value is -0.820. The summed E-state index contributed by atoms with van der Waals surface area (Å²) in [4.78, 5) is 14.5. The number of carboxylic acid groups (broad SMARTS) is 1. The molecule has 90 valence electrons. The maximum Gasteiger partial charge on any atom is 0.313 e. The number of imidazole rings is 1. The van der Waals surface area contributed by atoms with Crippen molar-refractivity contribution in [2.24, 2.45) is 0 Å². The average molecular weight is 262 g/mol. The van der Waals surface area contributed by atoms with Gasteiger partial charge in [-0.1, -0.05) is 18.7 Å². The van der Waals surface area contributed by atoms with E-state index in [-0.39, 0.29) is 5.75 Å². The Morgan fingerprint density at radius 3 is 3.06 bits per heavy atom. The van der Waals surface area contributed by atoms with Crippen LogP contribution in [0.3, 0.4) is 0 Å². The lowest BCUT2D eigenvalue weighted by molar-refractivity contribution is -0.133. The molecule has 1 unspecified atom stereocenters. The molecule has 1 aromatic heterocycles. The third-order valence-electron chi connectivity index (χ3n) is 1.88. The van der Waals surface area contributed by atoms with Crippen LogP contribution in [-0.4, -0.2) is 42.1 Å². The molecule has 0 aromatic carbocycles. The number of carbonyl (C=O) groups is 1. The van der Waals surface area contributed by atoms with Gasteiger partial charge in [0.1, 0.15) is 0 Å². The summed E-state index contributed by atoms with van der Waals surface area (Å²) < 4.78 is 13.1. The van der Waals surface area contributed by atoms with E-state index in [0.717, 1.165) is 0 Å². The second kappa shape index (κ2) is 6.70. The average Bonchev–Trinajstić information content (AvgIpc) is 2.70. The Kier molecular flexibility index (Phi) is 5.54. The van der Waals surface area contributed by atoms with Gasteiger partial charge in [-0.05, 0) is 0 Å². The van der Waals surface area contributed by atoms with Gasteiger partial charge in [0.2, 0.25) is 0 Å². The van der Waals surface area contributed by atoms with Crippen LogP contribution in [0, 0.1) is 0 Å². The third-order valence-corrected chi connectivity index (χ3v) is 4.16. The molecule has 16 heavy (non-hydrogen) atoms. The number of nitrogens with zero attached hydrogens (tertiary/aromatic N) is 2. The zero-order valence-corrected chi connectivity index (χ0v) is 10.6. The normalized spacial score (nSPS) is 12.6. The Morgan fingerprint density at radius 1 is 1.69 bits per heavy atom. The highest BCUT2D eigenvalue weighted by Gasteiger charge is 2.07. The molecule has 5 nitrogen and oxygen atoms in total. The van der Waals surface area contributed by atoms with Crippen LogP contribution in [0.1, 0.15) is 6.92 Å². The molecule has 1 heterocycles. The van der Waals surface area contributed by atoms with Crippen molar-refractivity contribution < 1.29 is 14.1 Å². The summed E-state index contributed by atoms with van der Waals surface area (Å²) in [6.07, 6.45) is 3.40. The van der Waals surface area contributed by atoms with Gasteiger partial charge in [-0.2, -0.15) is 0 Å². The van der Waals surface area contributed by atoms with E-state index in [1.165, 1.54) is 11.8 Å². The smallest absolute Gasteiger partial charge is 0.313 e. The molecule has 0 fully saturated rings. The molecule has 0 spiro atoms. The molecular formula is C9H14N2O3S2. The molecule has 0 amide bonds. The molecular weight excluding hydrogens is 248 g/mol. The van der Waals surface area contributed by atoms with Crippen LogP contribution < -0.4 is 0 Å². The van der Waals surface area contributed by atoms with Gasteiger partial charge in [0.25, 0.3) is 0 Å². The Labute approximate surface area is 101 Å². The largest absolute Gasteiger partial charge is 0.481 e. The lowest BCUT2D eigenvalue weighted by Gasteiger charge is -2.05. The van der Waals surface area contributed by atoms with Crippen molar-refractivity contribution in [1.82, 2.24) is 9.55 Å². The number of thioether (sulfide) groups is 1. The number of hydrogen-bond acceptors (Lipinski definition) is 4. The molecule has 0 saturated heterocycles. The molecule has 0 aliphatic heterocycles. The summed E-state index contributed by atoms with van der Waals surface area (Å²) in [5.41, 5.74) is 0. The minimum Gasteiger partial charge on any atom is -0.481 e. The van der Waals surface area contributed by atoms with E-state index in [9.17, 15) is 9.00 Å². The first-order valence-electron chi connectivity index (χ1n) is 4.84. The molecule has 1 aromatic rings. The molecule has 1 atom stereocenters. The predicted molar refractivity (Wildman–Crippen MR) is 64.1 cm³/mol. The SMILES string of the molecule is CCS(=O)CCn1ccnc1SCC(=O)O. The summed E-state index contributed by atoms with van der Waals surface area (Å²) in [5.74, 6) is 0.352. The molecule has 0 bridgehead atoms. The third kappa shape index (κ3) is 4.36. The van der Waals surface area contributed by atoms with Crippen LogP contribution >= 0.6 is 11.8 Å². The monoisotopic (exact) mass is 262 g/mol. The summed E-state index contributed by atoms with van der Waals surface area (Å²) in [6.45, 7) is 2.49. The number of rotatable bonds is 7. The highest BCUT2D eigenvalue weighted by atomic mass is 32.2. The van der Waals surface area contributed by atoms with Gasteiger partial charge in [-0.3, -0.25) is 9.00 Å². The van der Waals surface area contributed by atoms with Crippen LogP contribution in [0.5, 0.6) is 0 Å². The van der Waals surface area contributed by atoms with Gasteiger partial charge in [0, 0.05) is 41.2 Å². The fraction of sp³-hybridized carbons (Fsp3) is 0.556. The van der Waals surface area contributed by atoms with Crippen molar-refractivity contribution in [3.63, 3.8) is 0 Å². The standard InChI is InChI=1S/C9H14N2O3S2/c1-2-16(14)6-5-11-4-3-10-9(11)15-7-8(12)13/h3-4H,2,5-7H2,1H3,(H,12,13). The van der Waals surface area contributed by atoms with Crippen LogP contribution in [0.25, 0.3) is 0 Å². The maximum absolute atomic E-state index is 11.3. The van der Waals surface area contributed by atoms with Crippen molar-refractivity contribution in [3.8, 4) is 0 Å². The van der Waals surface area contributed by atoms with Crippen molar-refractivity contribution in [2.75, 3.05) is 17.3 Å². The van der Waals surface area contributed by atoms with E-state index in [1.54, 1.807) is 12.4 Å². The number of carboxylic acids is 1. The van der Waals surface area contributed by atoms with Crippen molar-refractivity contribution in [1.29, 1.82) is 0 Å². The first kappa shape index (κ1) is 13.2. The van der Waals surface area contributed by atoms with Gasteiger partial charge in [-0.25, -0.2) is 4.98 Å². The van der Waals surface area contributed by atoms with Gasteiger partial charge in [-0.15, -0.1) is 0 Å². The highest BCUT2D eigenvalue weighted by Crippen LogP contribution is 2.15. The fourth-order valence-electron chi connectivity index (χ4n) is 1.08. The molecule has 1 rings (SSSR count). The maximum atomic E-state index is 11.3. The summed E-state index contributed by atoms with van der Waals surface area (Å²) >= 11 is 1.17. The Bertz CT molecular complexity index is 379. The molecule has 1 N–H and O–H groups in total. The zero-order valence-electron chi connectivity index (χ0n) is 8.96. The fourth-order valence-corrected chi connectivity index (χ4v) is 2.47. The first-order valence-corrected chi connectivity index (χ1v) is 7.31. The van der Waals surface area contributed by atoms with Crippen LogP contribution in [0.2, 0.25) is 0 Å². The topological polar surface area (TPSA) is 72.2 Å². The van der Waals surface area contributed by atoms with Crippen LogP contribution in [-0.2, 0) is 22.1 Å². The zero-order chi connectivity index (χ0) is 12.0. The Balaban J connectivity index is 2.50. The number of hydrogen-bond donors (Lipinski definition) is 1. The lowest BCUT2D eigenvalue weighted by Crippen LogP contribution is -2.09. The van der Waals surface area contributed by atoms with Gasteiger partial charge in [0.15, 0.2) is 5.16 Å². The molecule has 7 heteroatoms. The van der Waals surface area contributed by atoms with E-state index >= 15 is 0 Å². The van der Waals surface area contributed by atoms with Gasteiger partial charge >= 0.3 is 5.97 Å². The minimum atomic E-state index is -0.864. The number of aliphatic carboxylic acids is 1. The quantitative estimate of drug-likeness (QED) is 0.737. The van der Waals surface area contributed by atoms with Gasteiger partial charge < -0.3 is 9.67 Å². The van der Waals surface area contributed by atoms with Gasteiger partial charge in [0.05, 0.1) is 5.75 Å². The second-order valence-electron chi connectivity index (χ2n) is 3.02. The highest BCUT2D eigenvalue weighted by molar-refractivity contribution is 7.99. The minimum absolute atomic E-state index is 0.00607. The van der Waals surface area contributed by atoms with E-state index in [0.29, 0.717) is 23.2 Å². The second-order valence-corrected chi connectivity index (χ2v) is 5.83. The molecule has 0 aliphatic rings. The molecule has 0 aliphatic carbocycles. The molecule has 0 saturated carbocycles. The molecule has 0 radical (unpaired) electrons. The van der Waals surface area contributed by atoms with E-state index in [2.05, 4.69) is 4.98 Å². The predicted octanol–water partition coefficient (Wildman–Crippen LogP) is 0.828. The lowest BCUT2D eigenvalue weighted by atomic mass is 10.7. The van der Waals surface area contributed by atoms with E-state index < -0.39 is 16.8 Å². The number of aryl methyl sites for hydroxylation is 1. The van der Waals surface area contributed by atoms with E-state index in [4.69, 9.17) is 5.11 Å². The summed E-state index contributed by atoms with van der Waals surface area (Å²) in [7, 11) is -0.807. The Morgan fingerprint density at radius 2 is 2.44 bits per heavy atom. The summed E-state index contributed by atoms with van der Waals surface area (Å²) in [6, 6.07) is 0. The number of aromatic nitrogens is 2. The van der Waals surface area contributed by atoms with Crippen molar-refractivity contribution >= 4 is 28.5 Å². The summed E-state index contributed by atoms with van der Waals surface area (Å²) in [5, 5.41) is 9.22. The first-order chi connectivity index (χ1) is 7.63. The van der Waals surface area contributed by atoms with Crippen molar-refractivity contribution in [2.45, 2.75) is 18.6 Å². The van der Waals surface area contributed by atoms with E-state index in [1.807, 2.05) is 11.5 Å². The van der Waals surface area contributed by atoms with Crippen LogP contribution in [0.4, 0.5) is 0 Å².